The standard InChI is InChI=1S/C25H24N3O4S/c1-16-8-6-12-25-13-7-11-19(22(29)32-4)28(25,2)24-26-15-20(27(24)21(16)25)33-23(30)17-9-5-10-18(14-17)31-3/h5-11,13-15H,12H2,1-4H3/q+1. The first kappa shape index (κ1) is 21.5. The molecule has 1 aromatic heterocycles. The number of carbonyl (C=O) groups excluding carboxylic acids is 2. The highest BCUT2D eigenvalue weighted by Gasteiger charge is 2.65. The molecule has 2 aliphatic heterocycles. The predicted octanol–water partition coefficient (Wildman–Crippen LogP) is 4.33. The molecule has 0 N–H and O–H groups in total. The van der Waals surface area contributed by atoms with E-state index in [0.717, 1.165) is 23.0 Å². The molecule has 3 heterocycles. The quantitative estimate of drug-likeness (QED) is 0.383. The smallest absolute Gasteiger partial charge is 0.393 e. The van der Waals surface area contributed by atoms with Gasteiger partial charge in [-0.15, -0.1) is 0 Å². The molecule has 1 aromatic carbocycles. The van der Waals surface area contributed by atoms with E-state index < -0.39 is 11.5 Å². The molecule has 0 radical (unpaired) electrons. The lowest BCUT2D eigenvalue weighted by atomic mass is 9.80. The fraction of sp³-hybridized carbons (Fsp3) is 0.240. The van der Waals surface area contributed by atoms with Crippen LogP contribution >= 0.6 is 11.8 Å². The minimum absolute atomic E-state index is 0.109. The van der Waals surface area contributed by atoms with E-state index in [-0.39, 0.29) is 9.60 Å². The number of esters is 1. The van der Waals surface area contributed by atoms with Gasteiger partial charge in [0.05, 0.1) is 33.2 Å². The highest BCUT2D eigenvalue weighted by molar-refractivity contribution is 8.14. The van der Waals surface area contributed by atoms with Gasteiger partial charge in [0.25, 0.3) is 0 Å². The van der Waals surface area contributed by atoms with Crippen molar-refractivity contribution in [1.29, 1.82) is 0 Å². The number of likely N-dealkylation sites (N-methyl/N-ethyl adjacent to an activating group) is 1. The third kappa shape index (κ3) is 2.84. The summed E-state index contributed by atoms with van der Waals surface area (Å²) in [6, 6.07) is 7.10. The molecule has 1 spiro atoms. The molecular weight excluding hydrogens is 438 g/mol. The molecular formula is C25H24N3O4S+. The summed E-state index contributed by atoms with van der Waals surface area (Å²) in [6.45, 7) is 2.05. The van der Waals surface area contributed by atoms with Crippen LogP contribution in [0.3, 0.4) is 0 Å². The fourth-order valence-corrected chi connectivity index (χ4v) is 5.93. The zero-order chi connectivity index (χ0) is 23.4. The Balaban J connectivity index is 1.66. The first-order valence-corrected chi connectivity index (χ1v) is 11.4. The van der Waals surface area contributed by atoms with Gasteiger partial charge in [-0.2, -0.15) is 4.98 Å². The van der Waals surface area contributed by atoms with Crippen molar-refractivity contribution in [2.45, 2.75) is 23.9 Å². The van der Waals surface area contributed by atoms with Crippen LogP contribution in [0.4, 0.5) is 5.95 Å². The molecule has 1 aliphatic carbocycles. The summed E-state index contributed by atoms with van der Waals surface area (Å²) in [5.41, 5.74) is 2.58. The van der Waals surface area contributed by atoms with Gasteiger partial charge in [0.15, 0.2) is 5.54 Å². The van der Waals surface area contributed by atoms with Crippen LogP contribution in [-0.4, -0.2) is 47.4 Å². The molecule has 7 nitrogen and oxygen atoms in total. The average molecular weight is 463 g/mol. The van der Waals surface area contributed by atoms with Gasteiger partial charge in [-0.3, -0.25) is 4.79 Å². The van der Waals surface area contributed by atoms with Crippen LogP contribution in [0.5, 0.6) is 5.75 Å². The van der Waals surface area contributed by atoms with E-state index in [4.69, 9.17) is 14.5 Å². The number of allylic oxidation sites excluding steroid dienone is 4. The van der Waals surface area contributed by atoms with Crippen LogP contribution in [0.15, 0.2) is 77.1 Å². The van der Waals surface area contributed by atoms with Crippen LogP contribution in [-0.2, 0) is 9.53 Å². The SMILES string of the molecule is COC(=O)C1=CC=CC23CC=CC(C)=C2n2c(SC(=O)c4cccc(OC)c4)cnc2[N+]13C. The van der Waals surface area contributed by atoms with Gasteiger partial charge < -0.3 is 9.47 Å². The number of aromatic nitrogens is 2. The van der Waals surface area contributed by atoms with Gasteiger partial charge in [0, 0.05) is 18.1 Å². The second-order valence-corrected chi connectivity index (χ2v) is 9.32. The van der Waals surface area contributed by atoms with Gasteiger partial charge in [-0.05, 0) is 42.5 Å². The number of carbonyl (C=O) groups is 2. The van der Waals surface area contributed by atoms with Crippen molar-refractivity contribution in [3.05, 3.63) is 77.7 Å². The van der Waals surface area contributed by atoms with Crippen LogP contribution < -0.4 is 9.22 Å². The van der Waals surface area contributed by atoms with Gasteiger partial charge in [0.2, 0.25) is 10.8 Å². The number of thioether (sulfide) groups is 1. The Morgan fingerprint density at radius 1 is 1.27 bits per heavy atom. The maximum atomic E-state index is 13.2. The zero-order valence-electron chi connectivity index (χ0n) is 18.9. The number of rotatable bonds is 4. The predicted molar refractivity (Wildman–Crippen MR) is 128 cm³/mol. The van der Waals surface area contributed by atoms with Gasteiger partial charge in [-0.1, -0.05) is 30.4 Å². The van der Waals surface area contributed by atoms with E-state index in [1.807, 2.05) is 17.7 Å². The highest BCUT2D eigenvalue weighted by atomic mass is 32.2. The summed E-state index contributed by atoms with van der Waals surface area (Å²) in [4.78, 5) is 30.7. The Morgan fingerprint density at radius 3 is 2.85 bits per heavy atom. The van der Waals surface area contributed by atoms with E-state index in [9.17, 15) is 9.59 Å². The third-order valence-electron chi connectivity index (χ3n) is 6.72. The van der Waals surface area contributed by atoms with Crippen LogP contribution in [0.2, 0.25) is 0 Å². The van der Waals surface area contributed by atoms with Crippen molar-refractivity contribution < 1.29 is 19.1 Å². The van der Waals surface area contributed by atoms with Crippen molar-refractivity contribution >= 4 is 34.5 Å². The highest BCUT2D eigenvalue weighted by Crippen LogP contribution is 2.57. The molecule has 0 fully saturated rings. The number of quaternary nitrogens is 1. The molecule has 0 amide bonds. The summed E-state index contributed by atoms with van der Waals surface area (Å²) in [5, 5.41) is 0.593. The second-order valence-electron chi connectivity index (χ2n) is 8.32. The summed E-state index contributed by atoms with van der Waals surface area (Å²) in [5.74, 6) is 0.906. The van der Waals surface area contributed by atoms with Crippen molar-refractivity contribution in [3.63, 3.8) is 0 Å². The number of fused-ring (bicyclic) bond motifs is 3. The van der Waals surface area contributed by atoms with Crippen molar-refractivity contribution in [1.82, 2.24) is 14.0 Å². The van der Waals surface area contributed by atoms with Crippen molar-refractivity contribution in [2.75, 3.05) is 21.3 Å². The third-order valence-corrected chi connectivity index (χ3v) is 7.64. The fourth-order valence-electron chi connectivity index (χ4n) is 5.13. The Bertz CT molecular complexity index is 1320. The minimum atomic E-state index is -0.547. The number of ether oxygens (including phenoxy) is 2. The molecule has 0 saturated carbocycles. The summed E-state index contributed by atoms with van der Waals surface area (Å²) in [6.07, 6.45) is 12.5. The molecule has 2 unspecified atom stereocenters. The van der Waals surface area contributed by atoms with E-state index in [0.29, 0.717) is 34.4 Å². The van der Waals surface area contributed by atoms with E-state index >= 15 is 0 Å². The van der Waals surface area contributed by atoms with Crippen LogP contribution in [0, 0.1) is 0 Å². The lowest BCUT2D eigenvalue weighted by Gasteiger charge is -2.44. The van der Waals surface area contributed by atoms with Crippen LogP contribution in [0.25, 0.3) is 5.70 Å². The lowest BCUT2D eigenvalue weighted by Crippen LogP contribution is -2.62. The molecule has 3 aliphatic rings. The Kier molecular flexibility index (Phi) is 4.95. The average Bonchev–Trinajstić information content (AvgIpc) is 3.33. The largest absolute Gasteiger partial charge is 0.497 e. The Hall–Kier alpha value is -3.36. The maximum absolute atomic E-state index is 13.2. The maximum Gasteiger partial charge on any atom is 0.393 e. The second kappa shape index (κ2) is 7.60. The Labute approximate surface area is 196 Å². The lowest BCUT2D eigenvalue weighted by molar-refractivity contribution is -0.138. The summed E-state index contributed by atoms with van der Waals surface area (Å²) >= 11 is 1.12. The van der Waals surface area contributed by atoms with E-state index in [1.54, 1.807) is 43.6 Å². The molecule has 168 valence electrons. The van der Waals surface area contributed by atoms with Crippen molar-refractivity contribution in [3.8, 4) is 5.75 Å². The summed E-state index contributed by atoms with van der Waals surface area (Å²) in [7, 11) is 4.95. The molecule has 2 aromatic rings. The minimum Gasteiger partial charge on any atom is -0.497 e. The number of imidazole rings is 1. The molecule has 33 heavy (non-hydrogen) atoms. The zero-order valence-corrected chi connectivity index (χ0v) is 19.7. The number of benzene rings is 1. The number of hydrogen-bond donors (Lipinski definition) is 0. The monoisotopic (exact) mass is 462 g/mol. The molecule has 5 rings (SSSR count). The van der Waals surface area contributed by atoms with Crippen LogP contribution in [0.1, 0.15) is 23.7 Å². The van der Waals surface area contributed by atoms with E-state index in [2.05, 4.69) is 25.2 Å². The molecule has 0 saturated heterocycles. The first-order valence-electron chi connectivity index (χ1n) is 10.5. The van der Waals surface area contributed by atoms with Gasteiger partial charge >= 0.3 is 11.9 Å². The van der Waals surface area contributed by atoms with E-state index in [1.165, 1.54) is 7.11 Å². The van der Waals surface area contributed by atoms with Crippen molar-refractivity contribution in [2.24, 2.45) is 0 Å². The number of methoxy groups -OCH3 is 2. The number of hydrogen-bond acceptors (Lipinski definition) is 6. The number of nitrogens with zero attached hydrogens (tertiary/aromatic N) is 3. The molecule has 8 heteroatoms. The normalized spacial score (nSPS) is 24.7. The molecule has 2 atom stereocenters. The van der Waals surface area contributed by atoms with Gasteiger partial charge in [-0.25, -0.2) is 13.8 Å². The summed E-state index contributed by atoms with van der Waals surface area (Å²) < 4.78 is 12.6. The topological polar surface area (TPSA) is 70.4 Å². The first-order chi connectivity index (χ1) is 15.9. The molecule has 0 bridgehead atoms. The Morgan fingerprint density at radius 2 is 2.09 bits per heavy atom. The van der Waals surface area contributed by atoms with Gasteiger partial charge in [0.1, 0.15) is 10.8 Å².